The Morgan fingerprint density at radius 2 is 0.509 bits per heavy atom. The second-order valence-corrected chi connectivity index (χ2v) is 27.9. The lowest BCUT2D eigenvalue weighted by Crippen LogP contribution is -2.00. The molecule has 0 atom stereocenters. The molecule has 21 rings (SSSR count). The van der Waals surface area contributed by atoms with E-state index in [1.54, 1.807) is 0 Å². The van der Waals surface area contributed by atoms with Crippen molar-refractivity contribution in [3.8, 4) is 146 Å². The third-order valence-corrected chi connectivity index (χ3v) is 21.4. The average Bonchev–Trinajstić information content (AvgIpc) is 1.51. The highest BCUT2D eigenvalue weighted by atomic mass is 16.3. The Morgan fingerprint density at radius 3 is 1.13 bits per heavy atom. The van der Waals surface area contributed by atoms with Crippen molar-refractivity contribution in [2.45, 2.75) is 0 Å². The first kappa shape index (κ1) is 63.6. The summed E-state index contributed by atoms with van der Waals surface area (Å²) < 4.78 is 13.8. The van der Waals surface area contributed by atoms with Crippen molar-refractivity contribution in [1.82, 2.24) is 29.9 Å². The molecule has 0 aliphatic carbocycles. The molecule has 110 heavy (non-hydrogen) atoms. The van der Waals surface area contributed by atoms with E-state index in [1.165, 1.54) is 54.9 Å². The minimum absolute atomic E-state index is 0.490. The first-order chi connectivity index (χ1) is 54.5. The van der Waals surface area contributed by atoms with Crippen molar-refractivity contribution >= 4 is 76.2 Å². The molecule has 512 valence electrons. The zero-order valence-electron chi connectivity index (χ0n) is 59.3. The van der Waals surface area contributed by atoms with Gasteiger partial charge < -0.3 is 8.83 Å². The van der Waals surface area contributed by atoms with E-state index in [0.29, 0.717) is 46.1 Å². The van der Waals surface area contributed by atoms with Gasteiger partial charge in [-0.3, -0.25) is 0 Å². The van der Waals surface area contributed by atoms with Crippen LogP contribution in [0.5, 0.6) is 0 Å². The molecule has 0 aliphatic rings. The quantitative estimate of drug-likeness (QED) is 0.112. The van der Waals surface area contributed by atoms with Gasteiger partial charge in [-0.25, -0.2) is 29.9 Å². The van der Waals surface area contributed by atoms with E-state index in [0.717, 1.165) is 121 Å². The maximum Gasteiger partial charge on any atom is 0.167 e. The number of hydrogen-bond acceptors (Lipinski definition) is 8. The molecule has 21 aromatic rings. The number of para-hydroxylation sites is 3. The van der Waals surface area contributed by atoms with E-state index in [9.17, 15) is 0 Å². The van der Waals surface area contributed by atoms with E-state index >= 15 is 0 Å². The summed E-state index contributed by atoms with van der Waals surface area (Å²) in [7, 11) is 0. The molecular formula is C102H62N6O2. The van der Waals surface area contributed by atoms with E-state index in [4.69, 9.17) is 38.7 Å². The van der Waals surface area contributed by atoms with Crippen molar-refractivity contribution in [2.24, 2.45) is 0 Å². The van der Waals surface area contributed by atoms with Gasteiger partial charge in [0, 0.05) is 43.8 Å². The maximum absolute atomic E-state index is 7.07. The molecule has 0 bridgehead atoms. The van der Waals surface area contributed by atoms with Crippen LogP contribution in [0.4, 0.5) is 0 Å². The van der Waals surface area contributed by atoms with Crippen LogP contribution in [-0.2, 0) is 0 Å². The summed E-state index contributed by atoms with van der Waals surface area (Å²) in [4.78, 5) is 32.2. The lowest BCUT2D eigenvalue weighted by molar-refractivity contribution is 0.669. The van der Waals surface area contributed by atoms with Crippen LogP contribution in [0, 0.1) is 0 Å². The normalized spacial score (nSPS) is 11.6. The van der Waals surface area contributed by atoms with Gasteiger partial charge in [-0.2, -0.15) is 0 Å². The molecule has 0 unspecified atom stereocenters. The fourth-order valence-electron chi connectivity index (χ4n) is 16.3. The first-order valence-electron chi connectivity index (χ1n) is 37.0. The number of benzene rings is 17. The number of nitrogens with zero attached hydrogens (tertiary/aromatic N) is 6. The number of aromatic nitrogens is 6. The highest BCUT2D eigenvalue weighted by Gasteiger charge is 2.25. The second-order valence-electron chi connectivity index (χ2n) is 27.9. The Balaban J connectivity index is 0.670. The van der Waals surface area contributed by atoms with Crippen molar-refractivity contribution in [1.29, 1.82) is 0 Å². The molecule has 0 fully saturated rings. The van der Waals surface area contributed by atoms with Gasteiger partial charge in [0.15, 0.2) is 34.9 Å². The summed E-state index contributed by atoms with van der Waals surface area (Å²) in [6.45, 7) is 0. The smallest absolute Gasteiger partial charge is 0.167 e. The van der Waals surface area contributed by atoms with Gasteiger partial charge in [-0.15, -0.1) is 0 Å². The third-order valence-electron chi connectivity index (χ3n) is 21.4. The van der Waals surface area contributed by atoms with Gasteiger partial charge in [0.1, 0.15) is 22.3 Å². The van der Waals surface area contributed by atoms with Gasteiger partial charge >= 0.3 is 0 Å². The summed E-state index contributed by atoms with van der Waals surface area (Å²) in [6.07, 6.45) is 0. The zero-order chi connectivity index (χ0) is 72.6. The van der Waals surface area contributed by atoms with E-state index in [-0.39, 0.29) is 0 Å². The molecular weight excluding hydrogens is 1340 g/mol. The molecule has 4 aromatic heterocycles. The SMILES string of the molecule is c1ccc(-c2nc(-c3cccc(-c4ccccc4-c4ccc(-c5ccccc5)c5ccccc45)c3)nc(-c3cccc4c3oc3cccc(-c5cccc(-c6nc(-c7cccc(-c8ccc(-c9c(-c%10ccccc%10)ccc%10ccccc9%10)c9ccccc89)c7)nc(-c7cccc8c7oc7ccccc78)n6)c5)c34)n2)cc1. The van der Waals surface area contributed by atoms with Crippen LogP contribution in [0.1, 0.15) is 0 Å². The van der Waals surface area contributed by atoms with Crippen LogP contribution in [0.2, 0.25) is 0 Å². The predicted molar refractivity (Wildman–Crippen MR) is 451 cm³/mol. The summed E-state index contributed by atoms with van der Waals surface area (Å²) in [5.74, 6) is 3.10. The number of rotatable bonds is 13. The van der Waals surface area contributed by atoms with Crippen LogP contribution in [0.15, 0.2) is 385 Å². The van der Waals surface area contributed by atoms with Crippen molar-refractivity contribution < 1.29 is 8.83 Å². The Kier molecular flexibility index (Phi) is 15.4. The van der Waals surface area contributed by atoms with Gasteiger partial charge in [-0.05, 0) is 153 Å². The Hall–Kier alpha value is -14.9. The molecule has 0 spiro atoms. The van der Waals surface area contributed by atoms with Gasteiger partial charge in [0.05, 0.1) is 11.1 Å². The fraction of sp³-hybridized carbons (Fsp3) is 0. The topological polar surface area (TPSA) is 104 Å². The lowest BCUT2D eigenvalue weighted by Gasteiger charge is -2.18. The monoisotopic (exact) mass is 1400 g/mol. The lowest BCUT2D eigenvalue weighted by atomic mass is 9.85. The molecule has 8 nitrogen and oxygen atoms in total. The molecule has 4 heterocycles. The van der Waals surface area contributed by atoms with Gasteiger partial charge in [0.2, 0.25) is 0 Å². The van der Waals surface area contributed by atoms with Crippen LogP contribution < -0.4 is 0 Å². The number of hydrogen-bond donors (Lipinski definition) is 0. The summed E-state index contributed by atoms with van der Waals surface area (Å²) in [5, 5.41) is 11.0. The highest BCUT2D eigenvalue weighted by molar-refractivity contribution is 6.17. The largest absolute Gasteiger partial charge is 0.455 e. The third kappa shape index (κ3) is 11.1. The van der Waals surface area contributed by atoms with Crippen LogP contribution >= 0.6 is 0 Å². The summed E-state index contributed by atoms with van der Waals surface area (Å²) >= 11 is 0. The molecule has 17 aromatic carbocycles. The van der Waals surface area contributed by atoms with Crippen LogP contribution in [0.25, 0.3) is 222 Å². The van der Waals surface area contributed by atoms with Crippen LogP contribution in [0.3, 0.4) is 0 Å². The Morgan fingerprint density at radius 1 is 0.164 bits per heavy atom. The standard InChI is InChI=1S/C102H62N6O2/c1-4-26-63(27-5-1)74-56-58-84(82-44-16-14-42-80(74)82)79-41-13-12-39-73(79)67-33-20-36-70(60-67)98-103-97(66-31-8-3-9-32-66)105-102(106-98)90-51-24-49-88-94-77(47-25-53-92(94)110-96(88)90)69-35-22-38-72(62-69)100-104-99(107-101(108-100)89-50-23-48-87-85-46-18-19-52-91(85)109-95(87)89)71-37-21-34-68(61-71)75-57-59-86(83-45-17-15-43-81(75)83)93-76-40-11-10-30-65(76)54-55-78(93)64-28-6-2-7-29-64/h1-62H. The predicted octanol–water partition coefficient (Wildman–Crippen LogP) is 27.0. The van der Waals surface area contributed by atoms with E-state index in [1.807, 2.05) is 66.7 Å². The minimum atomic E-state index is 0.490. The van der Waals surface area contributed by atoms with E-state index in [2.05, 4.69) is 309 Å². The van der Waals surface area contributed by atoms with Crippen molar-refractivity contribution in [3.05, 3.63) is 376 Å². The maximum atomic E-state index is 7.07. The summed E-state index contributed by atoms with van der Waals surface area (Å²) in [6, 6.07) is 132. The van der Waals surface area contributed by atoms with Gasteiger partial charge in [0.25, 0.3) is 0 Å². The molecule has 0 amide bonds. The van der Waals surface area contributed by atoms with E-state index < -0.39 is 0 Å². The molecule has 0 N–H and O–H groups in total. The van der Waals surface area contributed by atoms with Crippen molar-refractivity contribution in [3.63, 3.8) is 0 Å². The fourth-order valence-corrected chi connectivity index (χ4v) is 16.3. The average molecular weight is 1400 g/mol. The molecule has 0 saturated heterocycles. The summed E-state index contributed by atoms with van der Waals surface area (Å²) in [5.41, 5.74) is 23.4. The molecule has 0 radical (unpaired) electrons. The molecule has 0 aliphatic heterocycles. The first-order valence-corrected chi connectivity index (χ1v) is 37.0. The Bertz CT molecular complexity index is 7230. The Labute approximate surface area is 633 Å². The zero-order valence-corrected chi connectivity index (χ0v) is 59.3. The molecule has 0 saturated carbocycles. The van der Waals surface area contributed by atoms with Crippen LogP contribution in [-0.4, -0.2) is 29.9 Å². The minimum Gasteiger partial charge on any atom is -0.455 e. The number of furan rings is 2. The second kappa shape index (κ2) is 26.6. The highest BCUT2D eigenvalue weighted by Crippen LogP contribution is 2.47. The van der Waals surface area contributed by atoms with Crippen molar-refractivity contribution in [2.75, 3.05) is 0 Å². The van der Waals surface area contributed by atoms with Gasteiger partial charge in [-0.1, -0.05) is 334 Å². The molecule has 8 heteroatoms. The number of fused-ring (bicyclic) bond motifs is 9.